The van der Waals surface area contributed by atoms with Crippen molar-refractivity contribution in [3.63, 3.8) is 0 Å². The second-order valence-electron chi connectivity index (χ2n) is 15.7. The van der Waals surface area contributed by atoms with Crippen molar-refractivity contribution >= 4 is 0 Å². The highest BCUT2D eigenvalue weighted by molar-refractivity contribution is 4.91. The molecule has 0 aromatic rings. The number of hydrogen-bond donors (Lipinski definition) is 2. The van der Waals surface area contributed by atoms with Crippen molar-refractivity contribution in [3.8, 4) is 0 Å². The van der Waals surface area contributed by atoms with Gasteiger partial charge in [-0.25, -0.2) is 11.8 Å². The normalized spacial score (nSPS) is 23.4. The van der Waals surface area contributed by atoms with Crippen LogP contribution in [0.4, 0.5) is 0 Å². The van der Waals surface area contributed by atoms with Gasteiger partial charge in [-0.3, -0.25) is 0 Å². The average molecular weight is 605 g/mol. The van der Waals surface area contributed by atoms with Crippen molar-refractivity contribution in [2.45, 2.75) is 183 Å². The lowest BCUT2D eigenvalue weighted by Crippen LogP contribution is -2.37. The summed E-state index contributed by atoms with van der Waals surface area (Å²) in [5, 5.41) is 0. The summed E-state index contributed by atoms with van der Waals surface area (Å²) in [5.41, 5.74) is 0.356. The van der Waals surface area contributed by atoms with Crippen LogP contribution in [-0.2, 0) is 9.68 Å². The zero-order valence-corrected chi connectivity index (χ0v) is 30.1. The fourth-order valence-corrected chi connectivity index (χ4v) is 7.25. The first kappa shape index (κ1) is 40.3. The summed E-state index contributed by atoms with van der Waals surface area (Å²) in [5.74, 6) is 15.4. The van der Waals surface area contributed by atoms with Gasteiger partial charge in [-0.05, 0) is 105 Å². The van der Waals surface area contributed by atoms with E-state index in [0.717, 1.165) is 55.8 Å². The van der Waals surface area contributed by atoms with Gasteiger partial charge in [0.25, 0.3) is 0 Å². The van der Waals surface area contributed by atoms with Crippen molar-refractivity contribution in [2.75, 3.05) is 0 Å². The Hall–Kier alpha value is -0.680. The molecule has 1 rings (SSSR count). The van der Waals surface area contributed by atoms with E-state index in [9.17, 15) is 0 Å². The van der Waals surface area contributed by atoms with Gasteiger partial charge in [0.1, 0.15) is 0 Å². The fraction of sp³-hybridized carbons (Fsp3) is 0.897. The van der Waals surface area contributed by atoms with E-state index in [2.05, 4.69) is 79.7 Å². The lowest BCUT2D eigenvalue weighted by molar-refractivity contribution is -0.0348. The first-order chi connectivity index (χ1) is 20.5. The summed E-state index contributed by atoms with van der Waals surface area (Å²) >= 11 is 0. The summed E-state index contributed by atoms with van der Waals surface area (Å²) in [6.45, 7) is 19.1. The molecule has 0 saturated heterocycles. The topological polar surface area (TPSA) is 70.5 Å². The molecule has 4 heteroatoms. The predicted octanol–water partition coefficient (Wildman–Crippen LogP) is 11.5. The van der Waals surface area contributed by atoms with Crippen LogP contribution in [0.1, 0.15) is 171 Å². The SMILES string of the molecule is CCCC(CCC[C@@H](C)/C=C/C(C)CCCC(C)C/C=C/CC(C)CCCC(C)CCC1CCC(ON)CC1(C)C)ON. The van der Waals surface area contributed by atoms with E-state index in [4.69, 9.17) is 21.5 Å². The molecule has 0 bridgehead atoms. The Morgan fingerprint density at radius 1 is 0.698 bits per heavy atom. The monoisotopic (exact) mass is 605 g/mol. The molecule has 0 heterocycles. The lowest BCUT2D eigenvalue weighted by Gasteiger charge is -2.42. The summed E-state index contributed by atoms with van der Waals surface area (Å²) in [7, 11) is 0. The fourth-order valence-electron chi connectivity index (χ4n) is 7.25. The Labute approximate surface area is 269 Å². The zero-order valence-electron chi connectivity index (χ0n) is 30.1. The first-order valence-electron chi connectivity index (χ1n) is 18.5. The Morgan fingerprint density at radius 3 is 1.74 bits per heavy atom. The molecule has 1 fully saturated rings. The lowest BCUT2D eigenvalue weighted by atomic mass is 9.66. The van der Waals surface area contributed by atoms with Crippen molar-refractivity contribution in [3.05, 3.63) is 24.3 Å². The van der Waals surface area contributed by atoms with Gasteiger partial charge in [-0.1, -0.05) is 131 Å². The highest BCUT2D eigenvalue weighted by atomic mass is 16.6. The molecule has 8 atom stereocenters. The molecular weight excluding hydrogens is 528 g/mol. The summed E-state index contributed by atoms with van der Waals surface area (Å²) in [4.78, 5) is 10.3. The van der Waals surface area contributed by atoms with E-state index in [1.54, 1.807) is 0 Å². The molecule has 254 valence electrons. The average Bonchev–Trinajstić information content (AvgIpc) is 2.96. The van der Waals surface area contributed by atoms with Crippen molar-refractivity contribution in [1.82, 2.24) is 0 Å². The second-order valence-corrected chi connectivity index (χ2v) is 15.7. The van der Waals surface area contributed by atoms with Gasteiger partial charge < -0.3 is 9.68 Å². The van der Waals surface area contributed by atoms with Crippen LogP contribution >= 0.6 is 0 Å². The number of nitrogens with two attached hydrogens (primary N) is 2. The summed E-state index contributed by atoms with van der Waals surface area (Å²) in [6, 6.07) is 0. The third kappa shape index (κ3) is 19.4. The van der Waals surface area contributed by atoms with Crippen LogP contribution in [0.2, 0.25) is 0 Å². The minimum atomic E-state index is 0.233. The van der Waals surface area contributed by atoms with Gasteiger partial charge in [-0.2, -0.15) is 0 Å². The standard InChI is InChI=1S/C39H76N2O2/c1-9-15-37(42-40)23-14-22-34(5)25-24-33(4)20-12-18-31(2)16-10-11-17-32(3)19-13-21-35(6)26-27-36-28-29-38(43-41)30-39(36,7)8/h10-11,24-25,31-38H,9,12-23,26-30,40-41H2,1-8H3/b11-10+,25-24+/t31?,32?,33?,34-,35?,36?,37?,38?/m1/s1. The van der Waals surface area contributed by atoms with E-state index in [1.165, 1.54) is 83.5 Å². The van der Waals surface area contributed by atoms with E-state index < -0.39 is 0 Å². The van der Waals surface area contributed by atoms with Crippen molar-refractivity contribution in [2.24, 2.45) is 52.7 Å². The molecule has 1 aliphatic rings. The number of hydrogen-bond acceptors (Lipinski definition) is 4. The smallest absolute Gasteiger partial charge is 0.0792 e. The van der Waals surface area contributed by atoms with Crippen LogP contribution in [-0.4, -0.2) is 12.2 Å². The largest absolute Gasteiger partial charge is 0.301 e. The Balaban J connectivity index is 2.10. The molecule has 0 aliphatic heterocycles. The van der Waals surface area contributed by atoms with Crippen LogP contribution in [0, 0.1) is 40.9 Å². The van der Waals surface area contributed by atoms with E-state index in [1.807, 2.05) is 0 Å². The molecule has 1 saturated carbocycles. The first-order valence-corrected chi connectivity index (χ1v) is 18.5. The van der Waals surface area contributed by atoms with Gasteiger partial charge in [0.2, 0.25) is 0 Å². The molecule has 43 heavy (non-hydrogen) atoms. The molecule has 4 nitrogen and oxygen atoms in total. The van der Waals surface area contributed by atoms with Crippen LogP contribution in [0.5, 0.6) is 0 Å². The highest BCUT2D eigenvalue weighted by Crippen LogP contribution is 2.44. The molecule has 0 spiro atoms. The van der Waals surface area contributed by atoms with Crippen LogP contribution in [0.15, 0.2) is 24.3 Å². The molecule has 0 amide bonds. The van der Waals surface area contributed by atoms with Gasteiger partial charge in [-0.15, -0.1) is 0 Å². The third-order valence-corrected chi connectivity index (χ3v) is 10.6. The van der Waals surface area contributed by atoms with Crippen molar-refractivity contribution < 1.29 is 9.68 Å². The third-order valence-electron chi connectivity index (χ3n) is 10.6. The Morgan fingerprint density at radius 2 is 1.23 bits per heavy atom. The molecule has 1 aliphatic carbocycles. The molecule has 0 aromatic heterocycles. The van der Waals surface area contributed by atoms with E-state index in [-0.39, 0.29) is 12.2 Å². The maximum absolute atomic E-state index is 5.48. The molecule has 0 radical (unpaired) electrons. The van der Waals surface area contributed by atoms with Gasteiger partial charge in [0.15, 0.2) is 0 Å². The van der Waals surface area contributed by atoms with E-state index in [0.29, 0.717) is 17.3 Å². The van der Waals surface area contributed by atoms with Crippen LogP contribution < -0.4 is 11.8 Å². The maximum atomic E-state index is 5.48. The Bertz CT molecular complexity index is 720. The summed E-state index contributed by atoms with van der Waals surface area (Å²) < 4.78 is 0. The predicted molar refractivity (Wildman–Crippen MR) is 188 cm³/mol. The highest BCUT2D eigenvalue weighted by Gasteiger charge is 2.36. The molecule has 0 aromatic carbocycles. The Kier molecular flexibility index (Phi) is 22.2. The molecule has 4 N–H and O–H groups in total. The van der Waals surface area contributed by atoms with Crippen LogP contribution in [0.25, 0.3) is 0 Å². The van der Waals surface area contributed by atoms with E-state index >= 15 is 0 Å². The summed E-state index contributed by atoms with van der Waals surface area (Å²) in [6.07, 6.45) is 32.8. The van der Waals surface area contributed by atoms with Gasteiger partial charge in [0, 0.05) is 0 Å². The van der Waals surface area contributed by atoms with Crippen molar-refractivity contribution in [1.29, 1.82) is 0 Å². The number of allylic oxidation sites excluding steroid dienone is 4. The maximum Gasteiger partial charge on any atom is 0.0792 e. The minimum Gasteiger partial charge on any atom is -0.301 e. The molecule has 7 unspecified atom stereocenters. The molecular formula is C39H76N2O2. The minimum absolute atomic E-state index is 0.233. The second kappa shape index (κ2) is 23.6. The van der Waals surface area contributed by atoms with Crippen LogP contribution in [0.3, 0.4) is 0 Å². The quantitative estimate of drug-likeness (QED) is 0.0803. The van der Waals surface area contributed by atoms with Gasteiger partial charge in [0.05, 0.1) is 12.2 Å². The van der Waals surface area contributed by atoms with Gasteiger partial charge >= 0.3 is 0 Å². The zero-order chi connectivity index (χ0) is 32.1. The number of rotatable bonds is 25.